The van der Waals surface area contributed by atoms with Gasteiger partial charge >= 0.3 is 0 Å². The molecule has 1 aliphatic heterocycles. The van der Waals surface area contributed by atoms with Gasteiger partial charge in [-0.05, 0) is 48.7 Å². The Morgan fingerprint density at radius 1 is 1.04 bits per heavy atom. The van der Waals surface area contributed by atoms with Crippen LogP contribution in [0.4, 0.5) is 5.69 Å². The van der Waals surface area contributed by atoms with Crippen molar-refractivity contribution in [3.63, 3.8) is 0 Å². The lowest BCUT2D eigenvalue weighted by atomic mass is 10.0. The number of hydrogen-bond acceptors (Lipinski definition) is 2. The number of benzene rings is 2. The van der Waals surface area contributed by atoms with Crippen LogP contribution >= 0.6 is 11.6 Å². The molecule has 25 heavy (non-hydrogen) atoms. The third-order valence-corrected chi connectivity index (χ3v) is 5.27. The van der Waals surface area contributed by atoms with Gasteiger partial charge < -0.3 is 5.32 Å². The number of carbonyl (C=O) groups is 2. The van der Waals surface area contributed by atoms with Crippen molar-refractivity contribution in [2.24, 2.45) is 0 Å². The number of halogens is 1. The topological polar surface area (TPSA) is 49.4 Å². The fourth-order valence-electron chi connectivity index (χ4n) is 3.79. The lowest BCUT2D eigenvalue weighted by Crippen LogP contribution is -2.42. The quantitative estimate of drug-likeness (QED) is 0.902. The average Bonchev–Trinajstić information content (AvgIpc) is 3.22. The maximum atomic E-state index is 13.0. The van der Waals surface area contributed by atoms with E-state index in [1.807, 2.05) is 18.2 Å². The van der Waals surface area contributed by atoms with Gasteiger partial charge in [-0.3, -0.25) is 14.5 Å². The van der Waals surface area contributed by atoms with Crippen molar-refractivity contribution in [1.29, 1.82) is 0 Å². The molecule has 0 spiro atoms. The molecule has 4 nitrogen and oxygen atoms in total. The van der Waals surface area contributed by atoms with Crippen LogP contribution < -0.4 is 10.2 Å². The number of rotatable bonds is 3. The number of anilines is 1. The van der Waals surface area contributed by atoms with Crippen LogP contribution in [0.15, 0.2) is 48.5 Å². The maximum absolute atomic E-state index is 13.0. The van der Waals surface area contributed by atoms with Gasteiger partial charge in [0.15, 0.2) is 0 Å². The van der Waals surface area contributed by atoms with E-state index in [1.54, 1.807) is 35.2 Å². The van der Waals surface area contributed by atoms with Gasteiger partial charge in [-0.15, -0.1) is 0 Å². The standard InChI is InChI=1S/C20H19ClN2O2/c21-13-9-11-15(12-10-13)23-18(19(24)22-14-5-1-2-6-14)16-7-3-4-8-17(16)20(23)25/h3-4,7-12,14,18H,1-2,5-6H2,(H,22,24)/t18-/m1/s1. The predicted octanol–water partition coefficient (Wildman–Crippen LogP) is 4.10. The first-order chi connectivity index (χ1) is 12.1. The van der Waals surface area contributed by atoms with E-state index in [0.29, 0.717) is 16.3 Å². The Kier molecular flexibility index (Phi) is 4.22. The van der Waals surface area contributed by atoms with E-state index in [9.17, 15) is 9.59 Å². The molecule has 2 amide bonds. The zero-order valence-electron chi connectivity index (χ0n) is 13.7. The van der Waals surface area contributed by atoms with Crippen molar-refractivity contribution in [1.82, 2.24) is 5.32 Å². The Morgan fingerprint density at radius 3 is 2.44 bits per heavy atom. The van der Waals surface area contributed by atoms with Crippen LogP contribution in [0.1, 0.15) is 47.6 Å². The van der Waals surface area contributed by atoms with Crippen LogP contribution in [0, 0.1) is 0 Å². The third kappa shape index (κ3) is 2.91. The number of carbonyl (C=O) groups excluding carboxylic acids is 2. The molecule has 0 saturated heterocycles. The van der Waals surface area contributed by atoms with Crippen LogP contribution in [-0.2, 0) is 4.79 Å². The van der Waals surface area contributed by atoms with Crippen molar-refractivity contribution in [3.05, 3.63) is 64.7 Å². The second-order valence-corrected chi connectivity index (χ2v) is 7.07. The summed E-state index contributed by atoms with van der Waals surface area (Å²) in [6.07, 6.45) is 4.31. The second-order valence-electron chi connectivity index (χ2n) is 6.63. The Labute approximate surface area is 151 Å². The van der Waals surface area contributed by atoms with Crippen molar-refractivity contribution in [2.45, 2.75) is 37.8 Å². The van der Waals surface area contributed by atoms with Crippen LogP contribution in [0.2, 0.25) is 5.02 Å². The molecule has 1 atom stereocenters. The molecule has 2 aliphatic rings. The predicted molar refractivity (Wildman–Crippen MR) is 97.8 cm³/mol. The highest BCUT2D eigenvalue weighted by atomic mass is 35.5. The molecule has 0 aromatic heterocycles. The van der Waals surface area contributed by atoms with Crippen LogP contribution in [0.5, 0.6) is 0 Å². The smallest absolute Gasteiger partial charge is 0.259 e. The van der Waals surface area contributed by atoms with Gasteiger partial charge in [0.25, 0.3) is 5.91 Å². The fraction of sp³-hybridized carbons (Fsp3) is 0.300. The molecule has 5 heteroatoms. The molecule has 2 aromatic rings. The summed E-state index contributed by atoms with van der Waals surface area (Å²) in [7, 11) is 0. The molecule has 1 saturated carbocycles. The van der Waals surface area contributed by atoms with Crippen molar-refractivity contribution in [3.8, 4) is 0 Å². The largest absolute Gasteiger partial charge is 0.351 e. The minimum Gasteiger partial charge on any atom is -0.351 e. The van der Waals surface area contributed by atoms with E-state index < -0.39 is 6.04 Å². The zero-order chi connectivity index (χ0) is 17.4. The summed E-state index contributed by atoms with van der Waals surface area (Å²) in [5, 5.41) is 3.73. The first kappa shape index (κ1) is 16.2. The van der Waals surface area contributed by atoms with E-state index >= 15 is 0 Å². The fourth-order valence-corrected chi connectivity index (χ4v) is 3.92. The lowest BCUT2D eigenvalue weighted by molar-refractivity contribution is -0.123. The molecule has 0 unspecified atom stereocenters. The third-order valence-electron chi connectivity index (χ3n) is 5.02. The van der Waals surface area contributed by atoms with Crippen LogP contribution in [-0.4, -0.2) is 17.9 Å². The summed E-state index contributed by atoms with van der Waals surface area (Å²) in [6, 6.07) is 13.9. The van der Waals surface area contributed by atoms with E-state index in [4.69, 9.17) is 11.6 Å². The van der Waals surface area contributed by atoms with Crippen LogP contribution in [0.25, 0.3) is 0 Å². The SMILES string of the molecule is O=C(NC1CCCC1)[C@H]1c2ccccc2C(=O)N1c1ccc(Cl)cc1. The molecule has 4 rings (SSSR count). The van der Waals surface area contributed by atoms with E-state index in [2.05, 4.69) is 5.32 Å². The summed E-state index contributed by atoms with van der Waals surface area (Å²) in [4.78, 5) is 27.6. The van der Waals surface area contributed by atoms with E-state index in [0.717, 1.165) is 31.2 Å². The second kappa shape index (κ2) is 6.52. The molecule has 0 radical (unpaired) electrons. The molecule has 1 heterocycles. The molecular formula is C20H19ClN2O2. The first-order valence-corrected chi connectivity index (χ1v) is 9.01. The minimum absolute atomic E-state index is 0.111. The number of amides is 2. The van der Waals surface area contributed by atoms with Crippen molar-refractivity contribution in [2.75, 3.05) is 4.90 Å². The van der Waals surface area contributed by atoms with E-state index in [1.165, 1.54) is 0 Å². The highest BCUT2D eigenvalue weighted by Gasteiger charge is 2.42. The molecule has 2 aromatic carbocycles. The number of nitrogens with one attached hydrogen (secondary N) is 1. The van der Waals surface area contributed by atoms with Gasteiger partial charge in [-0.1, -0.05) is 42.6 Å². The monoisotopic (exact) mass is 354 g/mol. The highest BCUT2D eigenvalue weighted by Crippen LogP contribution is 2.38. The molecule has 128 valence electrons. The van der Waals surface area contributed by atoms with Gasteiger partial charge in [0.2, 0.25) is 5.91 Å². The van der Waals surface area contributed by atoms with Gasteiger partial charge in [0.05, 0.1) is 0 Å². The maximum Gasteiger partial charge on any atom is 0.259 e. The van der Waals surface area contributed by atoms with Crippen LogP contribution in [0.3, 0.4) is 0 Å². The molecule has 1 aliphatic carbocycles. The molecule has 1 fully saturated rings. The normalized spacial score (nSPS) is 20.0. The highest BCUT2D eigenvalue weighted by molar-refractivity contribution is 6.30. The van der Waals surface area contributed by atoms with Gasteiger partial charge in [0.1, 0.15) is 6.04 Å². The van der Waals surface area contributed by atoms with Crippen molar-refractivity contribution < 1.29 is 9.59 Å². The molecular weight excluding hydrogens is 336 g/mol. The Bertz CT molecular complexity index is 813. The Hall–Kier alpha value is -2.33. The van der Waals surface area contributed by atoms with Gasteiger partial charge in [-0.2, -0.15) is 0 Å². The Balaban J connectivity index is 1.71. The summed E-state index contributed by atoms with van der Waals surface area (Å²) < 4.78 is 0. The van der Waals surface area contributed by atoms with Gasteiger partial charge in [0, 0.05) is 22.3 Å². The summed E-state index contributed by atoms with van der Waals surface area (Å²) in [5.74, 6) is -0.260. The number of nitrogens with zero attached hydrogens (tertiary/aromatic N) is 1. The minimum atomic E-state index is -0.634. The summed E-state index contributed by atoms with van der Waals surface area (Å²) >= 11 is 5.97. The summed E-state index contributed by atoms with van der Waals surface area (Å²) in [5.41, 5.74) is 2.03. The summed E-state index contributed by atoms with van der Waals surface area (Å²) in [6.45, 7) is 0. The number of fused-ring (bicyclic) bond motifs is 1. The molecule has 1 N–H and O–H groups in total. The van der Waals surface area contributed by atoms with E-state index in [-0.39, 0.29) is 17.9 Å². The zero-order valence-corrected chi connectivity index (χ0v) is 14.5. The molecule has 0 bridgehead atoms. The average molecular weight is 355 g/mol. The van der Waals surface area contributed by atoms with Gasteiger partial charge in [-0.25, -0.2) is 0 Å². The lowest BCUT2D eigenvalue weighted by Gasteiger charge is -2.26. The first-order valence-electron chi connectivity index (χ1n) is 8.63. The Morgan fingerprint density at radius 2 is 1.72 bits per heavy atom. The number of hydrogen-bond donors (Lipinski definition) is 1. The van der Waals surface area contributed by atoms with Crippen molar-refractivity contribution >= 4 is 29.1 Å².